The number of hydrogen-bond acceptors (Lipinski definition) is 4. The first-order valence-electron chi connectivity index (χ1n) is 8.47. The van der Waals surface area contributed by atoms with Crippen LogP contribution < -0.4 is 9.47 Å². The molecular weight excluding hydrogens is 316 g/mol. The molecule has 2 rings (SSSR count). The van der Waals surface area contributed by atoms with Crippen molar-refractivity contribution in [2.45, 2.75) is 27.2 Å². The second kappa shape index (κ2) is 10.3. The monoisotopic (exact) mass is 342 g/mol. The van der Waals surface area contributed by atoms with Crippen LogP contribution in [0.3, 0.4) is 0 Å². The number of benzene rings is 2. The fraction of sp³-hybridized carbons (Fsp3) is 0.333. The van der Waals surface area contributed by atoms with Crippen LogP contribution in [0.25, 0.3) is 0 Å². The average molecular weight is 342 g/mol. The summed E-state index contributed by atoms with van der Waals surface area (Å²) in [5.41, 5.74) is 1.03. The van der Waals surface area contributed by atoms with E-state index < -0.39 is 5.92 Å². The quantitative estimate of drug-likeness (QED) is 0.534. The van der Waals surface area contributed by atoms with Gasteiger partial charge in [-0.05, 0) is 55.0 Å². The third-order valence-electron chi connectivity index (χ3n) is 3.79. The van der Waals surface area contributed by atoms with Crippen molar-refractivity contribution in [2.24, 2.45) is 5.92 Å². The van der Waals surface area contributed by atoms with Crippen LogP contribution in [0.5, 0.6) is 11.5 Å². The van der Waals surface area contributed by atoms with Crippen molar-refractivity contribution < 1.29 is 19.1 Å². The molecule has 0 aliphatic carbocycles. The van der Waals surface area contributed by atoms with Crippen LogP contribution in [0.4, 0.5) is 0 Å². The Morgan fingerprint density at radius 1 is 0.760 bits per heavy atom. The predicted molar refractivity (Wildman–Crippen MR) is 99.8 cm³/mol. The van der Waals surface area contributed by atoms with Crippen LogP contribution in [0.1, 0.15) is 47.9 Å². The molecule has 4 nitrogen and oxygen atoms in total. The zero-order valence-corrected chi connectivity index (χ0v) is 15.5. The van der Waals surface area contributed by atoms with Crippen LogP contribution in [-0.4, -0.2) is 25.8 Å². The van der Waals surface area contributed by atoms with Gasteiger partial charge in [0.2, 0.25) is 0 Å². The summed E-state index contributed by atoms with van der Waals surface area (Å²) in [5.74, 6) is 0.330. The lowest BCUT2D eigenvalue weighted by molar-refractivity contribution is 0.0804. The van der Waals surface area contributed by atoms with Crippen molar-refractivity contribution in [1.29, 1.82) is 0 Å². The first kappa shape index (κ1) is 20.4. The molecule has 25 heavy (non-hydrogen) atoms. The first-order valence-corrected chi connectivity index (χ1v) is 8.47. The van der Waals surface area contributed by atoms with Crippen molar-refractivity contribution in [3.8, 4) is 11.5 Å². The van der Waals surface area contributed by atoms with Gasteiger partial charge in [-0.15, -0.1) is 0 Å². The maximum atomic E-state index is 12.6. The molecule has 2 aromatic rings. The molecule has 0 fully saturated rings. The van der Waals surface area contributed by atoms with Gasteiger partial charge in [0.15, 0.2) is 11.6 Å². The lowest BCUT2D eigenvalue weighted by atomic mass is 9.88. The van der Waals surface area contributed by atoms with E-state index in [2.05, 4.69) is 0 Å². The molecule has 0 saturated carbocycles. The molecule has 2 aromatic carbocycles. The lowest BCUT2D eigenvalue weighted by Gasteiger charge is -2.13. The Hall–Kier alpha value is -2.62. The maximum Gasteiger partial charge on any atom is 0.173 e. The van der Waals surface area contributed by atoms with E-state index >= 15 is 0 Å². The maximum absolute atomic E-state index is 12.6. The number of Topliss-reactive ketones (excluding diaryl/α,β-unsaturated/α-hetero) is 2. The van der Waals surface area contributed by atoms with Crippen LogP contribution in [0, 0.1) is 5.92 Å². The normalized spacial score (nSPS) is 9.84. The molecule has 4 heteroatoms. The van der Waals surface area contributed by atoms with E-state index in [1.165, 1.54) is 0 Å². The third-order valence-corrected chi connectivity index (χ3v) is 3.79. The molecule has 134 valence electrons. The molecule has 0 atom stereocenters. The number of ketones is 2. The summed E-state index contributed by atoms with van der Waals surface area (Å²) in [4.78, 5) is 25.3. The van der Waals surface area contributed by atoms with Gasteiger partial charge in [-0.2, -0.15) is 0 Å². The van der Waals surface area contributed by atoms with Gasteiger partial charge in [0, 0.05) is 11.1 Å². The highest BCUT2D eigenvalue weighted by Crippen LogP contribution is 2.21. The summed E-state index contributed by atoms with van der Waals surface area (Å²) >= 11 is 0. The van der Waals surface area contributed by atoms with E-state index in [4.69, 9.17) is 9.47 Å². The summed E-state index contributed by atoms with van der Waals surface area (Å²) < 4.78 is 10.2. The Labute approximate surface area is 149 Å². The van der Waals surface area contributed by atoms with Crippen molar-refractivity contribution in [1.82, 2.24) is 0 Å². The van der Waals surface area contributed by atoms with Gasteiger partial charge in [-0.1, -0.05) is 20.8 Å². The van der Waals surface area contributed by atoms with Gasteiger partial charge in [0.05, 0.1) is 20.1 Å². The number of rotatable bonds is 7. The molecule has 0 saturated heterocycles. The Balaban J connectivity index is 0.00000151. The van der Waals surface area contributed by atoms with E-state index in [0.717, 1.165) is 0 Å². The topological polar surface area (TPSA) is 52.6 Å². The van der Waals surface area contributed by atoms with Crippen molar-refractivity contribution in [2.75, 3.05) is 14.2 Å². The summed E-state index contributed by atoms with van der Waals surface area (Å²) in [6, 6.07) is 13.6. The SMILES string of the molecule is CC.CCC(C(=O)c1ccc(OC)cc1)C(=O)c1ccc(OC)cc1. The predicted octanol–water partition coefficient (Wildman–Crippen LogP) is 4.82. The number of ether oxygens (including phenoxy) is 2. The number of carbonyl (C=O) groups excluding carboxylic acids is 2. The Bertz CT molecular complexity index is 613. The second-order valence-electron chi connectivity index (χ2n) is 5.15. The largest absolute Gasteiger partial charge is 0.497 e. The van der Waals surface area contributed by atoms with Crippen LogP contribution in [-0.2, 0) is 0 Å². The van der Waals surface area contributed by atoms with Crippen LogP contribution in [0.2, 0.25) is 0 Å². The van der Waals surface area contributed by atoms with Crippen LogP contribution >= 0.6 is 0 Å². The molecule has 0 spiro atoms. The molecule has 0 unspecified atom stereocenters. The summed E-state index contributed by atoms with van der Waals surface area (Å²) in [6.07, 6.45) is 0.454. The highest BCUT2D eigenvalue weighted by atomic mass is 16.5. The van der Waals surface area contributed by atoms with Crippen LogP contribution in [0.15, 0.2) is 48.5 Å². The number of carbonyl (C=O) groups is 2. The zero-order valence-electron chi connectivity index (χ0n) is 15.5. The standard InChI is InChI=1S/C19H20O4.C2H6/c1-4-17(18(20)13-5-9-15(22-2)10-6-13)19(21)14-7-11-16(23-3)12-8-14;1-2/h5-12,17H,4H2,1-3H3;1-2H3. The molecule has 0 heterocycles. The van der Waals surface area contributed by atoms with Gasteiger partial charge >= 0.3 is 0 Å². The lowest BCUT2D eigenvalue weighted by Crippen LogP contribution is -2.23. The van der Waals surface area contributed by atoms with Gasteiger partial charge in [0.1, 0.15) is 11.5 Å². The Kier molecular flexibility index (Phi) is 8.40. The van der Waals surface area contributed by atoms with E-state index in [-0.39, 0.29) is 11.6 Å². The van der Waals surface area contributed by atoms with Gasteiger partial charge < -0.3 is 9.47 Å². The fourth-order valence-electron chi connectivity index (χ4n) is 2.40. The third kappa shape index (κ3) is 5.18. The van der Waals surface area contributed by atoms with E-state index in [9.17, 15) is 9.59 Å². The summed E-state index contributed by atoms with van der Waals surface area (Å²) in [7, 11) is 3.14. The Morgan fingerprint density at radius 3 is 1.32 bits per heavy atom. The minimum absolute atomic E-state index is 0.170. The minimum atomic E-state index is -0.684. The van der Waals surface area contributed by atoms with E-state index in [1.807, 2.05) is 20.8 Å². The fourth-order valence-corrected chi connectivity index (χ4v) is 2.40. The molecule has 0 bridgehead atoms. The molecule has 0 radical (unpaired) electrons. The number of methoxy groups -OCH3 is 2. The first-order chi connectivity index (χ1) is 12.1. The van der Waals surface area contributed by atoms with Crippen molar-refractivity contribution >= 4 is 11.6 Å². The minimum Gasteiger partial charge on any atom is -0.497 e. The zero-order chi connectivity index (χ0) is 18.8. The van der Waals surface area contributed by atoms with Crippen molar-refractivity contribution in [3.05, 3.63) is 59.7 Å². The number of hydrogen-bond donors (Lipinski definition) is 0. The smallest absolute Gasteiger partial charge is 0.173 e. The average Bonchev–Trinajstić information content (AvgIpc) is 2.70. The van der Waals surface area contributed by atoms with E-state index in [0.29, 0.717) is 29.0 Å². The van der Waals surface area contributed by atoms with Crippen molar-refractivity contribution in [3.63, 3.8) is 0 Å². The molecule has 0 aromatic heterocycles. The highest BCUT2D eigenvalue weighted by molar-refractivity contribution is 6.16. The molecule has 0 aliphatic rings. The highest BCUT2D eigenvalue weighted by Gasteiger charge is 2.26. The summed E-state index contributed by atoms with van der Waals surface area (Å²) in [6.45, 7) is 5.84. The molecule has 0 aliphatic heterocycles. The van der Waals surface area contributed by atoms with Gasteiger partial charge in [0.25, 0.3) is 0 Å². The second-order valence-corrected chi connectivity index (χ2v) is 5.15. The molecule has 0 N–H and O–H groups in total. The molecular formula is C21H26O4. The Morgan fingerprint density at radius 2 is 1.08 bits per heavy atom. The van der Waals surface area contributed by atoms with Gasteiger partial charge in [-0.3, -0.25) is 9.59 Å². The van der Waals surface area contributed by atoms with Gasteiger partial charge in [-0.25, -0.2) is 0 Å². The van der Waals surface area contributed by atoms with E-state index in [1.54, 1.807) is 62.8 Å². The summed E-state index contributed by atoms with van der Waals surface area (Å²) in [5, 5.41) is 0. The molecule has 0 amide bonds.